The van der Waals surface area contributed by atoms with Crippen molar-refractivity contribution in [2.45, 2.75) is 160 Å². The van der Waals surface area contributed by atoms with Crippen LogP contribution >= 0.6 is 83.2 Å². The Morgan fingerprint density at radius 3 is 1.26 bits per heavy atom. The molecule has 3 N–H and O–H groups in total. The number of hydroxylamine groups is 3. The zero-order valence-corrected chi connectivity index (χ0v) is 84.4. The zero-order valence-electron chi connectivity index (χ0n) is 77.8. The molecule has 716 valence electrons. The topological polar surface area (TPSA) is 292 Å². The minimum atomic E-state index is -1.45. The number of urea groups is 2. The van der Waals surface area contributed by atoms with Gasteiger partial charge in [-0.15, -0.1) is 58.8 Å². The average molecular weight is 1960 g/mol. The number of carboxylic acids is 1. The second-order valence-corrected chi connectivity index (χ2v) is 42.5. The van der Waals surface area contributed by atoms with Gasteiger partial charge in [-0.2, -0.15) is 0 Å². The number of aromatic hydroxyl groups is 1. The summed E-state index contributed by atoms with van der Waals surface area (Å²) in [5.74, 6) is 7.08. The molecule has 6 aromatic rings. The Balaban J connectivity index is 0.000000165. The zero-order chi connectivity index (χ0) is 94.5. The first-order valence-electron chi connectivity index (χ1n) is 44.5. The Kier molecular flexibility index (Phi) is 40.5. The van der Waals surface area contributed by atoms with Crippen LogP contribution in [0.1, 0.15) is 114 Å². The van der Waals surface area contributed by atoms with Crippen LogP contribution in [0.5, 0.6) is 34.5 Å². The minimum absolute atomic E-state index is 0.0279. The molecule has 0 spiro atoms. The number of fused-ring (bicyclic) bond motifs is 6. The van der Waals surface area contributed by atoms with Gasteiger partial charge in [0.2, 0.25) is 5.91 Å². The Hall–Kier alpha value is -8.50. The van der Waals surface area contributed by atoms with Gasteiger partial charge < -0.3 is 108 Å². The van der Waals surface area contributed by atoms with E-state index in [0.717, 1.165) is 148 Å². The van der Waals surface area contributed by atoms with Crippen LogP contribution in [0.2, 0.25) is 0 Å². The lowest BCUT2D eigenvalue weighted by Gasteiger charge is -2.39. The molecule has 0 aliphatic carbocycles. The molecule has 131 heavy (non-hydrogen) atoms. The maximum Gasteiger partial charge on any atom is 0.410 e. The summed E-state index contributed by atoms with van der Waals surface area (Å²) in [6, 6.07) is 35.1. The van der Waals surface area contributed by atoms with Crippen molar-refractivity contribution in [3.05, 3.63) is 148 Å². The number of quaternary nitrogens is 1. The smallest absolute Gasteiger partial charge is 0.410 e. The van der Waals surface area contributed by atoms with Crippen molar-refractivity contribution in [3.63, 3.8) is 0 Å². The molecule has 2 atom stereocenters. The second-order valence-electron chi connectivity index (χ2n) is 34.5. The molecule has 37 heteroatoms. The number of methoxy groups -OCH3 is 5. The molecular formula is C94H130N12O17S8. The van der Waals surface area contributed by atoms with Crippen molar-refractivity contribution in [3.8, 4) is 34.5 Å². The van der Waals surface area contributed by atoms with Gasteiger partial charge in [-0.3, -0.25) is 13.8 Å². The number of nitrogens with one attached hydrogen (secondary N) is 1. The number of amides is 7. The highest BCUT2D eigenvalue weighted by molar-refractivity contribution is 8.00. The van der Waals surface area contributed by atoms with Crippen molar-refractivity contribution >= 4 is 140 Å². The summed E-state index contributed by atoms with van der Waals surface area (Å²) in [4.78, 5) is 98.8. The van der Waals surface area contributed by atoms with E-state index in [4.69, 9.17) is 62.7 Å². The molecule has 6 aromatic carbocycles. The highest BCUT2D eigenvalue weighted by atomic mass is 32.2. The summed E-state index contributed by atoms with van der Waals surface area (Å²) in [6.45, 7) is 30.0. The maximum absolute atomic E-state index is 13.1. The molecule has 0 aromatic heterocycles. The third-order valence-electron chi connectivity index (χ3n) is 22.5. The van der Waals surface area contributed by atoms with E-state index in [2.05, 4.69) is 58.4 Å². The third kappa shape index (κ3) is 32.1. The highest BCUT2D eigenvalue weighted by Gasteiger charge is 2.35. The van der Waals surface area contributed by atoms with E-state index >= 15 is 0 Å². The number of carbonyl (C=O) groups excluding carboxylic acids is 5. The van der Waals surface area contributed by atoms with Crippen molar-refractivity contribution < 1.29 is 81.0 Å². The SMILES string of the molecule is CCCCCCC(=O)N1CCSc2ccc(OC)cc2C1.COc1ccc2c(c1)CN(C(=O)N1CCN(C(=O)OC(C)(C)C)CC1)CCS2.COc1ccc2c(c1)CN(C(=O)N1CCN(C(=S)OC(C)(C)C)CC1)CCS2.COc1ccc2c(c1)CN(C(=S)N1CCNCC1)CCS2.COc1ccc2c(c1)C[N+](C)([O-])CCS2=O.O=C(O)C(=O)N1CCSc2ccc(O)cc2C1. The number of thiocarbonyl (C=S) groups is 2. The lowest BCUT2D eigenvalue weighted by molar-refractivity contribution is -0.871. The summed E-state index contributed by atoms with van der Waals surface area (Å²) in [6.07, 6.45) is 4.98. The first kappa shape index (κ1) is 105. The molecule has 0 radical (unpaired) electrons. The number of piperazine rings is 3. The van der Waals surface area contributed by atoms with Gasteiger partial charge in [0, 0.05) is 214 Å². The third-order valence-corrected chi connectivity index (χ3v) is 30.2. The first-order valence-corrected chi connectivity index (χ1v) is 51.5. The van der Waals surface area contributed by atoms with E-state index in [9.17, 15) is 43.3 Å². The number of carboxylic acid groups (broad SMARTS) is 1. The number of aliphatic carboxylic acids is 1. The second kappa shape index (κ2) is 50.7. The number of benzene rings is 6. The standard InChI is InChI=1S/C20H29N3O4S.C20H29N3O3S2.C17H25NO2S.C15H21N3OS2.C11H11NO4S.C11H15NO3S/c1-20(2,3)27-19(25)22-9-7-21(8-10-22)18(24)23-11-12-28-17-6-5-16(26-4)13-15(17)14-23;1-20(2,3)26-19(27)22-9-7-21(8-10-22)18(24)23-11-12-28-17-6-5-16(25-4)13-15(17)14-23;1-3-4-5-6-7-17(19)18-10-11-21-16-9-8-15(20-2)12-14(16)13-18;1-19-13-2-3-14-12(10-13)11-18(8-9-21-14)15(20)17-6-4-16-5-7-17;13-8-1-2-9-7(5-8)6-12(3-4-17-9)10(14)11(15)16;1-12(13)5-6-16(14)11-4-3-10(15-2)7-9(11)8-12/h2*5-6,13H,7-12,14H2,1-4H3;8-9,12H,3-7,10-11,13H2,1-2H3;2-3,10,16H,4-9,11H2,1H3;1-2,5,13H,3-4,6H2,(H,15,16);3-4,7H,5-6,8H2,1-2H3. The number of hydrogen-bond donors (Lipinski definition) is 3. The number of phenolic OH excluding ortho intramolecular Hbond substituents is 1. The first-order chi connectivity index (χ1) is 62.6. The van der Waals surface area contributed by atoms with Gasteiger partial charge >= 0.3 is 30.0 Å². The number of nitrogens with zero attached hydrogens (tertiary/aromatic N) is 11. The van der Waals surface area contributed by atoms with Crippen LogP contribution in [0.15, 0.2) is 139 Å². The number of unbranched alkanes of at least 4 members (excludes halogenated alkanes) is 3. The summed E-state index contributed by atoms with van der Waals surface area (Å²) in [5.41, 5.74) is 5.59. The Labute approximate surface area is 807 Å². The largest absolute Gasteiger partial charge is 0.633 e. The number of carbonyl (C=O) groups is 6. The summed E-state index contributed by atoms with van der Waals surface area (Å²) in [7, 11) is 8.86. The van der Waals surface area contributed by atoms with Gasteiger partial charge in [0.25, 0.3) is 5.17 Å². The molecule has 9 aliphatic heterocycles. The predicted molar refractivity (Wildman–Crippen MR) is 528 cm³/mol. The van der Waals surface area contributed by atoms with Gasteiger partial charge in [0.1, 0.15) is 52.2 Å². The van der Waals surface area contributed by atoms with Gasteiger partial charge in [-0.1, -0.05) is 26.2 Å². The number of rotatable bonds is 10. The highest BCUT2D eigenvalue weighted by Crippen LogP contribution is 2.38. The number of phenols is 1. The van der Waals surface area contributed by atoms with Crippen LogP contribution < -0.4 is 29.0 Å². The minimum Gasteiger partial charge on any atom is -0.633 e. The Morgan fingerprint density at radius 1 is 0.450 bits per heavy atom. The summed E-state index contributed by atoms with van der Waals surface area (Å²) in [5, 5.41) is 35.0. The summed E-state index contributed by atoms with van der Waals surface area (Å²) < 4.78 is 49.2. The van der Waals surface area contributed by atoms with Gasteiger partial charge in [-0.25, -0.2) is 19.2 Å². The van der Waals surface area contributed by atoms with Crippen molar-refractivity contribution in [2.24, 2.45) is 0 Å². The molecule has 29 nitrogen and oxygen atoms in total. The van der Waals surface area contributed by atoms with E-state index in [1.807, 2.05) is 137 Å². The molecule has 0 bridgehead atoms. The van der Waals surface area contributed by atoms with Crippen LogP contribution in [-0.4, -0.2) is 320 Å². The van der Waals surface area contributed by atoms with E-state index in [-0.39, 0.29) is 40.7 Å². The average Bonchev–Trinajstić information content (AvgIpc) is 1.30. The van der Waals surface area contributed by atoms with Crippen molar-refractivity contribution in [1.29, 1.82) is 0 Å². The van der Waals surface area contributed by atoms with Crippen LogP contribution in [-0.2, 0) is 73.9 Å². The van der Waals surface area contributed by atoms with E-state index in [0.29, 0.717) is 133 Å². The molecule has 0 saturated carbocycles. The fourth-order valence-electron chi connectivity index (χ4n) is 15.4. The molecule has 9 heterocycles. The lowest BCUT2D eigenvalue weighted by atomic mass is 10.1. The number of thioether (sulfide) groups is 5. The van der Waals surface area contributed by atoms with E-state index in [1.54, 1.807) is 113 Å². The maximum atomic E-state index is 13.1. The van der Waals surface area contributed by atoms with Crippen LogP contribution in [0.4, 0.5) is 14.4 Å². The molecule has 3 fully saturated rings. The van der Waals surface area contributed by atoms with Crippen molar-refractivity contribution in [2.75, 3.05) is 195 Å². The fourth-order valence-corrected chi connectivity index (χ4v) is 22.6. The molecule has 15 rings (SSSR count). The molecule has 2 unspecified atom stereocenters. The monoisotopic (exact) mass is 1950 g/mol. The van der Waals surface area contributed by atoms with Gasteiger partial charge in [-0.05, 0) is 209 Å². The van der Waals surface area contributed by atoms with Crippen LogP contribution in [0, 0.1) is 5.21 Å². The molecule has 9 aliphatic rings. The van der Waals surface area contributed by atoms with Crippen LogP contribution in [0.25, 0.3) is 0 Å². The van der Waals surface area contributed by atoms with Crippen LogP contribution in [0.3, 0.4) is 0 Å². The van der Waals surface area contributed by atoms with Gasteiger partial charge in [0.15, 0.2) is 5.11 Å². The van der Waals surface area contributed by atoms with E-state index in [1.165, 1.54) is 48.5 Å². The predicted octanol–water partition coefficient (Wildman–Crippen LogP) is 14.8. The molecule has 7 amide bonds. The number of hydrogen-bond acceptors (Lipinski definition) is 24. The Bertz CT molecular complexity index is 4770. The van der Waals surface area contributed by atoms with Crippen molar-refractivity contribution in [1.82, 2.24) is 54.3 Å². The normalized spacial score (nSPS) is 18.4. The lowest BCUT2D eigenvalue weighted by Crippen LogP contribution is -2.54. The fraction of sp³-hybridized carbons (Fsp3) is 0.532. The molecule has 3 saturated heterocycles. The summed E-state index contributed by atoms with van der Waals surface area (Å²) >= 11 is 20.0. The Morgan fingerprint density at radius 2 is 0.824 bits per heavy atom. The quantitative estimate of drug-likeness (QED) is 0.0377. The number of ether oxygens (including phenoxy) is 7. The van der Waals surface area contributed by atoms with E-state index < -0.39 is 28.3 Å². The molecular weight excluding hydrogens is 1830 g/mol. The van der Waals surface area contributed by atoms with Gasteiger partial charge in [0.05, 0.1) is 65.7 Å².